The van der Waals surface area contributed by atoms with Crippen LogP contribution in [0.3, 0.4) is 0 Å². The van der Waals surface area contributed by atoms with Gasteiger partial charge in [-0.1, -0.05) is 74.5 Å². The molecule has 0 aliphatic carbocycles. The zero-order chi connectivity index (χ0) is 27.8. The van der Waals surface area contributed by atoms with Crippen LogP contribution < -0.4 is 5.32 Å². The normalized spacial score (nSPS) is 20.1. The second-order valence-corrected chi connectivity index (χ2v) is 11.0. The first-order chi connectivity index (χ1) is 18.8. The van der Waals surface area contributed by atoms with Gasteiger partial charge in [0.2, 0.25) is 0 Å². The first kappa shape index (κ1) is 28.3. The monoisotopic (exact) mass is 532 g/mol. The molecule has 2 heterocycles. The van der Waals surface area contributed by atoms with Gasteiger partial charge in [-0.2, -0.15) is 0 Å². The SMILES string of the molecule is CC(C)C[C@H]1CN(CCCC[C@H]2CNC(=O)C(=O)N2Cc2ccccc2)C(=O)C(=O)N1CCc1ccccc1. The van der Waals surface area contributed by atoms with Crippen LogP contribution >= 0.6 is 0 Å². The molecule has 2 atom stereocenters. The summed E-state index contributed by atoms with van der Waals surface area (Å²) in [5.74, 6) is -1.48. The van der Waals surface area contributed by atoms with E-state index in [2.05, 4.69) is 19.2 Å². The van der Waals surface area contributed by atoms with Crippen molar-refractivity contribution in [2.24, 2.45) is 5.92 Å². The van der Waals surface area contributed by atoms with Gasteiger partial charge in [0.05, 0.1) is 6.04 Å². The summed E-state index contributed by atoms with van der Waals surface area (Å²) in [5, 5.41) is 2.71. The minimum absolute atomic E-state index is 0.00598. The lowest BCUT2D eigenvalue weighted by Gasteiger charge is -2.41. The van der Waals surface area contributed by atoms with Crippen LogP contribution in [0.15, 0.2) is 60.7 Å². The molecular formula is C31H40N4O4. The Hall–Kier alpha value is -3.68. The van der Waals surface area contributed by atoms with Gasteiger partial charge in [0.15, 0.2) is 0 Å². The Labute approximate surface area is 231 Å². The topological polar surface area (TPSA) is 90.0 Å². The number of benzene rings is 2. The van der Waals surface area contributed by atoms with Crippen LogP contribution in [0, 0.1) is 5.92 Å². The third-order valence-corrected chi connectivity index (χ3v) is 7.64. The highest BCUT2D eigenvalue weighted by molar-refractivity contribution is 6.36. The summed E-state index contributed by atoms with van der Waals surface area (Å²) in [6.07, 6.45) is 3.81. The molecule has 2 aliphatic heterocycles. The third kappa shape index (κ3) is 7.46. The van der Waals surface area contributed by atoms with E-state index in [1.165, 1.54) is 0 Å². The highest BCUT2D eigenvalue weighted by Gasteiger charge is 2.39. The van der Waals surface area contributed by atoms with E-state index in [-0.39, 0.29) is 12.1 Å². The smallest absolute Gasteiger partial charge is 0.312 e. The number of carbonyl (C=O) groups is 4. The lowest BCUT2D eigenvalue weighted by atomic mass is 9.98. The van der Waals surface area contributed by atoms with Crippen molar-refractivity contribution in [2.45, 2.75) is 64.6 Å². The summed E-state index contributed by atoms with van der Waals surface area (Å²) >= 11 is 0. The first-order valence-corrected chi connectivity index (χ1v) is 14.1. The maximum absolute atomic E-state index is 13.2. The lowest BCUT2D eigenvalue weighted by Crippen LogP contribution is -2.60. The van der Waals surface area contributed by atoms with Crippen molar-refractivity contribution in [1.82, 2.24) is 20.0 Å². The van der Waals surface area contributed by atoms with Crippen LogP contribution in [0.5, 0.6) is 0 Å². The highest BCUT2D eigenvalue weighted by atomic mass is 16.2. The summed E-state index contributed by atoms with van der Waals surface area (Å²) in [5.41, 5.74) is 2.14. The molecule has 2 aromatic carbocycles. The van der Waals surface area contributed by atoms with E-state index in [0.29, 0.717) is 45.1 Å². The average molecular weight is 533 g/mol. The van der Waals surface area contributed by atoms with Crippen molar-refractivity contribution >= 4 is 23.6 Å². The van der Waals surface area contributed by atoms with E-state index in [4.69, 9.17) is 0 Å². The number of hydrogen-bond donors (Lipinski definition) is 1. The number of carbonyl (C=O) groups excluding carboxylic acids is 4. The van der Waals surface area contributed by atoms with Crippen LogP contribution in [-0.2, 0) is 32.1 Å². The summed E-state index contributed by atoms with van der Waals surface area (Å²) < 4.78 is 0. The predicted molar refractivity (Wildman–Crippen MR) is 149 cm³/mol. The Kier molecular flexibility index (Phi) is 9.74. The molecule has 8 heteroatoms. The number of nitrogens with zero attached hydrogens (tertiary/aromatic N) is 3. The van der Waals surface area contributed by atoms with E-state index in [0.717, 1.165) is 36.8 Å². The number of rotatable bonds is 12. The first-order valence-electron chi connectivity index (χ1n) is 14.1. The molecule has 208 valence electrons. The molecule has 2 aromatic rings. The predicted octanol–water partition coefficient (Wildman–Crippen LogP) is 3.01. The van der Waals surface area contributed by atoms with Crippen molar-refractivity contribution in [1.29, 1.82) is 0 Å². The highest BCUT2D eigenvalue weighted by Crippen LogP contribution is 2.21. The molecule has 0 radical (unpaired) electrons. The molecule has 1 N–H and O–H groups in total. The molecule has 0 spiro atoms. The van der Waals surface area contributed by atoms with E-state index < -0.39 is 23.6 Å². The van der Waals surface area contributed by atoms with Crippen molar-refractivity contribution in [2.75, 3.05) is 26.2 Å². The number of amides is 4. The van der Waals surface area contributed by atoms with Gasteiger partial charge in [-0.15, -0.1) is 0 Å². The number of piperazine rings is 2. The fraction of sp³-hybridized carbons (Fsp3) is 0.484. The maximum Gasteiger partial charge on any atom is 0.312 e. The van der Waals surface area contributed by atoms with Crippen LogP contribution in [-0.4, -0.2) is 76.6 Å². The molecule has 0 bridgehead atoms. The summed E-state index contributed by atoms with van der Waals surface area (Å²) in [7, 11) is 0. The van der Waals surface area contributed by atoms with Crippen LogP contribution in [0.2, 0.25) is 0 Å². The Morgan fingerprint density at radius 2 is 1.44 bits per heavy atom. The molecular weight excluding hydrogens is 492 g/mol. The van der Waals surface area contributed by atoms with Gasteiger partial charge in [-0.3, -0.25) is 19.2 Å². The number of nitrogens with one attached hydrogen (secondary N) is 1. The fourth-order valence-corrected chi connectivity index (χ4v) is 5.59. The van der Waals surface area contributed by atoms with Gasteiger partial charge < -0.3 is 20.0 Å². The molecule has 0 unspecified atom stereocenters. The number of unbranched alkanes of at least 4 members (excludes halogenated alkanes) is 1. The molecule has 4 amide bonds. The van der Waals surface area contributed by atoms with Crippen LogP contribution in [0.25, 0.3) is 0 Å². The van der Waals surface area contributed by atoms with Crippen LogP contribution in [0.1, 0.15) is 50.7 Å². The molecule has 8 nitrogen and oxygen atoms in total. The molecule has 2 fully saturated rings. The Morgan fingerprint density at radius 3 is 2.10 bits per heavy atom. The molecule has 0 saturated carbocycles. The zero-order valence-corrected chi connectivity index (χ0v) is 23.1. The second kappa shape index (κ2) is 13.4. The van der Waals surface area contributed by atoms with Gasteiger partial charge in [0.1, 0.15) is 0 Å². The quantitative estimate of drug-likeness (QED) is 0.336. The minimum atomic E-state index is -0.562. The maximum atomic E-state index is 13.2. The van der Waals surface area contributed by atoms with E-state index >= 15 is 0 Å². The molecule has 2 aliphatic rings. The standard InChI is InChI=1S/C31H40N4O4/c1-23(2)19-27-22-33(30(38)31(39)34(27)18-16-24-11-5-3-6-12-24)17-10-9-15-26-20-32-28(36)29(37)35(26)21-25-13-7-4-8-14-25/h3-8,11-14,23,26-27H,9-10,15-22H2,1-2H3,(H,32,36)/t26-,27-/m0/s1. The fourth-order valence-electron chi connectivity index (χ4n) is 5.59. The Bertz CT molecular complexity index is 1140. The van der Waals surface area contributed by atoms with E-state index in [1.807, 2.05) is 60.7 Å². The Morgan fingerprint density at radius 1 is 0.769 bits per heavy atom. The Balaban J connectivity index is 1.32. The zero-order valence-electron chi connectivity index (χ0n) is 23.1. The molecule has 0 aromatic heterocycles. The molecule has 39 heavy (non-hydrogen) atoms. The average Bonchev–Trinajstić information content (AvgIpc) is 2.93. The van der Waals surface area contributed by atoms with Gasteiger partial charge in [0, 0.05) is 38.8 Å². The second-order valence-electron chi connectivity index (χ2n) is 11.0. The van der Waals surface area contributed by atoms with Gasteiger partial charge >= 0.3 is 23.6 Å². The lowest BCUT2D eigenvalue weighted by molar-refractivity contribution is -0.159. The van der Waals surface area contributed by atoms with Crippen LogP contribution in [0.4, 0.5) is 0 Å². The van der Waals surface area contributed by atoms with E-state index in [9.17, 15) is 19.2 Å². The van der Waals surface area contributed by atoms with Crippen molar-refractivity contribution in [3.05, 3.63) is 71.8 Å². The number of hydrogen-bond acceptors (Lipinski definition) is 4. The van der Waals surface area contributed by atoms with E-state index in [1.54, 1.807) is 14.7 Å². The summed E-state index contributed by atoms with van der Waals surface area (Å²) in [6.45, 7) is 6.71. The minimum Gasteiger partial charge on any atom is -0.346 e. The summed E-state index contributed by atoms with van der Waals surface area (Å²) in [4.78, 5) is 56.0. The van der Waals surface area contributed by atoms with Crippen molar-refractivity contribution in [3.8, 4) is 0 Å². The summed E-state index contributed by atoms with van der Waals surface area (Å²) in [6, 6.07) is 19.6. The largest absolute Gasteiger partial charge is 0.346 e. The van der Waals surface area contributed by atoms with Gasteiger partial charge in [-0.25, -0.2) is 0 Å². The van der Waals surface area contributed by atoms with Gasteiger partial charge in [-0.05, 0) is 49.1 Å². The molecule has 4 rings (SSSR count). The van der Waals surface area contributed by atoms with Crippen molar-refractivity contribution < 1.29 is 19.2 Å². The molecule has 2 saturated heterocycles. The van der Waals surface area contributed by atoms with Gasteiger partial charge in [0.25, 0.3) is 0 Å². The van der Waals surface area contributed by atoms with Crippen molar-refractivity contribution in [3.63, 3.8) is 0 Å². The third-order valence-electron chi connectivity index (χ3n) is 7.64.